The van der Waals surface area contributed by atoms with E-state index in [1.54, 1.807) is 20.8 Å². The summed E-state index contributed by atoms with van der Waals surface area (Å²) < 4.78 is 13.9. The number of hydrogen-bond donors (Lipinski definition) is 3. The van der Waals surface area contributed by atoms with Gasteiger partial charge in [-0.05, 0) is 72.4 Å². The molecule has 1 saturated heterocycles. The molecule has 3 amide bonds. The molecular formula is C33H45N5O7. The Labute approximate surface area is 263 Å². The number of nitrogens with zero attached hydrogens (tertiary/aromatic N) is 3. The summed E-state index contributed by atoms with van der Waals surface area (Å²) in [6.07, 6.45) is 6.40. The predicted molar refractivity (Wildman–Crippen MR) is 167 cm³/mol. The molecule has 0 spiro atoms. The number of aromatic nitrogens is 2. The minimum absolute atomic E-state index is 0.0295. The molecule has 1 saturated carbocycles. The largest absolute Gasteiger partial charge is 0.479 e. The van der Waals surface area contributed by atoms with Crippen LogP contribution in [0.25, 0.3) is 11.0 Å². The highest BCUT2D eigenvalue weighted by Crippen LogP contribution is 2.45. The molecular weight excluding hydrogens is 578 g/mol. The van der Waals surface area contributed by atoms with Crippen LogP contribution < -0.4 is 15.4 Å². The van der Waals surface area contributed by atoms with E-state index < -0.39 is 53.2 Å². The third-order valence-electron chi connectivity index (χ3n) is 8.66. The lowest BCUT2D eigenvalue weighted by atomic mass is 10.0. The molecule has 3 heterocycles. The van der Waals surface area contributed by atoms with Crippen LogP contribution in [0.4, 0.5) is 4.79 Å². The molecule has 12 nitrogen and oxygen atoms in total. The number of hydrogen-bond acceptors (Lipinski definition) is 7. The molecule has 3 aliphatic rings. The van der Waals surface area contributed by atoms with E-state index in [-0.39, 0.29) is 31.3 Å². The number of benzene rings is 1. The molecule has 2 fully saturated rings. The third-order valence-corrected chi connectivity index (χ3v) is 8.66. The lowest BCUT2D eigenvalue weighted by Crippen LogP contribution is -2.56. The standard InChI is InChI=1S/C33H45N5O7/c1-20(2)38-25-16-12-11-14-23(25)34-30(38)44-22-17-26-27(39)36-33(29(41)42)18-21(33)13-9-7-6-8-10-15-24(28(40)37(26)19-22)35-31(43)45-32(3,4)5/h9,11-14,16,20-22,24,26H,6-8,10,15,17-19H2,1-5H3,(H,35,43)(H,36,39)(H,41,42)/b13-9-/t21-,22+,24-,26-,33+/m0/s1. The second-order valence-corrected chi connectivity index (χ2v) is 13.7. The number of carbonyl (C=O) groups excluding carboxylic acids is 3. The fourth-order valence-electron chi connectivity index (χ4n) is 6.35. The van der Waals surface area contributed by atoms with Crippen molar-refractivity contribution in [2.75, 3.05) is 6.54 Å². The zero-order valence-electron chi connectivity index (χ0n) is 26.7. The first kappa shape index (κ1) is 32.3. The van der Waals surface area contributed by atoms with Crippen molar-refractivity contribution in [3.05, 3.63) is 36.4 Å². The van der Waals surface area contributed by atoms with Gasteiger partial charge in [0.15, 0.2) is 0 Å². The molecule has 1 aromatic carbocycles. The summed E-state index contributed by atoms with van der Waals surface area (Å²) in [5.41, 5.74) is -0.508. The van der Waals surface area contributed by atoms with E-state index in [4.69, 9.17) is 14.5 Å². The number of rotatable bonds is 5. The van der Waals surface area contributed by atoms with E-state index in [1.165, 1.54) is 4.90 Å². The second-order valence-electron chi connectivity index (χ2n) is 13.7. The molecule has 1 aromatic heterocycles. The van der Waals surface area contributed by atoms with Crippen LogP contribution in [0.2, 0.25) is 0 Å². The molecule has 5 rings (SSSR count). The first-order chi connectivity index (χ1) is 21.3. The van der Waals surface area contributed by atoms with E-state index in [9.17, 15) is 24.3 Å². The lowest BCUT2D eigenvalue weighted by molar-refractivity contribution is -0.145. The fraction of sp³-hybridized carbons (Fsp3) is 0.606. The van der Waals surface area contributed by atoms with E-state index in [0.717, 1.165) is 30.3 Å². The topological polar surface area (TPSA) is 152 Å². The van der Waals surface area contributed by atoms with Gasteiger partial charge in [0.25, 0.3) is 6.01 Å². The Morgan fingerprint density at radius 3 is 2.62 bits per heavy atom. The number of para-hydroxylation sites is 2. The van der Waals surface area contributed by atoms with Crippen molar-refractivity contribution < 1.29 is 33.8 Å². The van der Waals surface area contributed by atoms with Crippen molar-refractivity contribution in [1.29, 1.82) is 0 Å². The van der Waals surface area contributed by atoms with E-state index in [1.807, 2.05) is 54.8 Å². The molecule has 0 unspecified atom stereocenters. The van der Waals surface area contributed by atoms with Crippen LogP contribution in [0.15, 0.2) is 36.4 Å². The van der Waals surface area contributed by atoms with E-state index in [2.05, 4.69) is 10.6 Å². The highest BCUT2D eigenvalue weighted by molar-refractivity contribution is 5.96. The number of nitrogens with one attached hydrogen (secondary N) is 2. The monoisotopic (exact) mass is 623 g/mol. The summed E-state index contributed by atoms with van der Waals surface area (Å²) >= 11 is 0. The number of ether oxygens (including phenoxy) is 2. The van der Waals surface area contributed by atoms with Gasteiger partial charge in [0.1, 0.15) is 29.3 Å². The maximum atomic E-state index is 14.2. The SMILES string of the molecule is CC(C)n1c(O[C@@H]2C[C@H]3C(=O)N[C@]4(C(=O)O)C[C@@H]4/C=C\CCCCC[C@H](NC(=O)OC(C)(C)C)C(=O)N3C2)nc2ccccc21. The number of allylic oxidation sites excluding steroid dienone is 1. The Balaban J connectivity index is 1.45. The minimum atomic E-state index is -1.42. The summed E-state index contributed by atoms with van der Waals surface area (Å²) in [5, 5.41) is 15.6. The average Bonchev–Trinajstić information content (AvgIpc) is 3.29. The summed E-state index contributed by atoms with van der Waals surface area (Å²) in [4.78, 5) is 59.4. The Hall–Kier alpha value is -4.09. The quantitative estimate of drug-likeness (QED) is 0.416. The minimum Gasteiger partial charge on any atom is -0.479 e. The number of amides is 3. The van der Waals surface area contributed by atoms with Gasteiger partial charge >= 0.3 is 12.1 Å². The van der Waals surface area contributed by atoms with Gasteiger partial charge in [-0.3, -0.25) is 14.2 Å². The van der Waals surface area contributed by atoms with Crippen LogP contribution in [-0.2, 0) is 19.1 Å². The van der Waals surface area contributed by atoms with Crippen LogP contribution in [-0.4, -0.2) is 79.3 Å². The van der Waals surface area contributed by atoms with Crippen LogP contribution >= 0.6 is 0 Å². The number of fused-ring (bicyclic) bond motifs is 3. The molecule has 0 bridgehead atoms. The maximum Gasteiger partial charge on any atom is 0.408 e. The van der Waals surface area contributed by atoms with E-state index >= 15 is 0 Å². The lowest BCUT2D eigenvalue weighted by Gasteiger charge is -2.30. The maximum absolute atomic E-state index is 14.2. The molecule has 0 radical (unpaired) electrons. The molecule has 12 heteroatoms. The molecule has 5 atom stereocenters. The van der Waals surface area contributed by atoms with E-state index in [0.29, 0.717) is 18.9 Å². The van der Waals surface area contributed by atoms with Gasteiger partial charge in [0.05, 0.1) is 17.6 Å². The van der Waals surface area contributed by atoms with Crippen molar-refractivity contribution in [3.8, 4) is 6.01 Å². The molecule has 1 aliphatic carbocycles. The Kier molecular flexibility index (Phi) is 9.14. The van der Waals surface area contributed by atoms with Gasteiger partial charge < -0.3 is 30.1 Å². The number of aliphatic carboxylic acids is 1. The number of carboxylic acid groups (broad SMARTS) is 1. The molecule has 2 aromatic rings. The predicted octanol–water partition coefficient (Wildman–Crippen LogP) is 4.34. The van der Waals surface area contributed by atoms with Crippen molar-refractivity contribution >= 4 is 34.9 Å². The Morgan fingerprint density at radius 1 is 1.16 bits per heavy atom. The highest BCUT2D eigenvalue weighted by atomic mass is 16.6. The van der Waals surface area contributed by atoms with Gasteiger partial charge in [-0.15, -0.1) is 0 Å². The first-order valence-electron chi connectivity index (χ1n) is 15.9. The third kappa shape index (κ3) is 7.10. The van der Waals surface area contributed by atoms with Crippen molar-refractivity contribution in [1.82, 2.24) is 25.1 Å². The molecule has 45 heavy (non-hydrogen) atoms. The highest BCUT2D eigenvalue weighted by Gasteiger charge is 2.61. The van der Waals surface area contributed by atoms with Gasteiger partial charge in [-0.1, -0.05) is 37.1 Å². The van der Waals surface area contributed by atoms with Crippen LogP contribution in [0, 0.1) is 5.92 Å². The number of carboxylic acids is 1. The zero-order valence-corrected chi connectivity index (χ0v) is 26.7. The first-order valence-corrected chi connectivity index (χ1v) is 15.9. The van der Waals surface area contributed by atoms with Gasteiger partial charge in [0, 0.05) is 18.4 Å². The summed E-state index contributed by atoms with van der Waals surface area (Å²) in [6.45, 7) is 9.35. The Morgan fingerprint density at radius 2 is 1.91 bits per heavy atom. The average molecular weight is 624 g/mol. The number of carbonyl (C=O) groups is 4. The normalized spacial score (nSPS) is 28.4. The fourth-order valence-corrected chi connectivity index (χ4v) is 6.35. The van der Waals surface area contributed by atoms with Crippen molar-refractivity contribution in [2.24, 2.45) is 5.92 Å². The summed E-state index contributed by atoms with van der Waals surface area (Å²) in [6, 6.07) is 6.16. The van der Waals surface area contributed by atoms with Crippen LogP contribution in [0.3, 0.4) is 0 Å². The van der Waals surface area contributed by atoms with Crippen molar-refractivity contribution in [3.63, 3.8) is 0 Å². The second kappa shape index (κ2) is 12.7. The number of imidazole rings is 1. The van der Waals surface area contributed by atoms with Gasteiger partial charge in [-0.2, -0.15) is 4.98 Å². The zero-order chi connectivity index (χ0) is 32.5. The molecule has 244 valence electrons. The van der Waals surface area contributed by atoms with Crippen LogP contribution in [0.5, 0.6) is 6.01 Å². The summed E-state index contributed by atoms with van der Waals surface area (Å²) in [7, 11) is 0. The van der Waals surface area contributed by atoms with Crippen LogP contribution in [0.1, 0.15) is 85.6 Å². The molecule has 3 N–H and O–H groups in total. The summed E-state index contributed by atoms with van der Waals surface area (Å²) in [5.74, 6) is -2.42. The number of alkyl carbamates (subject to hydrolysis) is 1. The Bertz CT molecular complexity index is 1480. The molecule has 2 aliphatic heterocycles. The van der Waals surface area contributed by atoms with Gasteiger partial charge in [0.2, 0.25) is 11.8 Å². The van der Waals surface area contributed by atoms with Crippen molar-refractivity contribution in [2.45, 2.75) is 115 Å². The smallest absolute Gasteiger partial charge is 0.408 e. The van der Waals surface area contributed by atoms with Gasteiger partial charge in [-0.25, -0.2) is 9.59 Å².